The monoisotopic (exact) mass is 351 g/mol. The number of carbonyl (C=O) groups is 1. The molecule has 1 atom stereocenters. The lowest BCUT2D eigenvalue weighted by atomic mass is 10.1. The normalized spacial score (nSPS) is 16.6. The molecule has 1 aliphatic heterocycles. The Kier molecular flexibility index (Phi) is 7.08. The molecule has 1 aliphatic rings. The van der Waals surface area contributed by atoms with Gasteiger partial charge in [0.25, 0.3) is 0 Å². The first-order chi connectivity index (χ1) is 11.9. The molecular formula is C19H31N2O4+. The maximum atomic E-state index is 11.7. The summed E-state index contributed by atoms with van der Waals surface area (Å²) in [5, 5.41) is 10.3. The van der Waals surface area contributed by atoms with Gasteiger partial charge in [0.15, 0.2) is 0 Å². The van der Waals surface area contributed by atoms with Crippen molar-refractivity contribution >= 4 is 6.09 Å². The molecule has 6 heteroatoms. The number of hydrogen-bond acceptors (Lipinski definition) is 4. The number of nitrogens with zero attached hydrogens (tertiary/aromatic N) is 1. The van der Waals surface area contributed by atoms with E-state index in [-0.39, 0.29) is 12.7 Å². The largest absolute Gasteiger partial charge is 0.490 e. The molecule has 140 valence electrons. The number of quaternary nitrogens is 1. The molecule has 1 aromatic rings. The lowest BCUT2D eigenvalue weighted by Crippen LogP contribution is -3.16. The van der Waals surface area contributed by atoms with E-state index in [4.69, 9.17) is 9.47 Å². The van der Waals surface area contributed by atoms with Crippen molar-refractivity contribution in [1.29, 1.82) is 0 Å². The molecule has 6 nitrogen and oxygen atoms in total. The van der Waals surface area contributed by atoms with E-state index >= 15 is 0 Å². The summed E-state index contributed by atoms with van der Waals surface area (Å²) in [5.74, 6) is 0.846. The molecule has 1 amide bonds. The number of carbonyl (C=O) groups excluding carboxylic acids is 1. The second kappa shape index (κ2) is 9.06. The Morgan fingerprint density at radius 3 is 2.60 bits per heavy atom. The molecule has 2 N–H and O–H groups in total. The highest BCUT2D eigenvalue weighted by molar-refractivity contribution is 5.67. The number of hydrogen-bond donors (Lipinski definition) is 2. The number of aliphatic hydroxyl groups is 1. The van der Waals surface area contributed by atoms with Crippen LogP contribution in [0.15, 0.2) is 12.1 Å². The third-order valence-electron chi connectivity index (χ3n) is 4.72. The van der Waals surface area contributed by atoms with Crippen LogP contribution in [0.5, 0.6) is 5.75 Å². The van der Waals surface area contributed by atoms with Crippen LogP contribution in [0.1, 0.15) is 23.6 Å². The van der Waals surface area contributed by atoms with Crippen LogP contribution in [0.4, 0.5) is 4.79 Å². The summed E-state index contributed by atoms with van der Waals surface area (Å²) < 4.78 is 10.9. The van der Waals surface area contributed by atoms with Crippen molar-refractivity contribution in [3.05, 3.63) is 28.8 Å². The van der Waals surface area contributed by atoms with E-state index in [0.29, 0.717) is 26.2 Å². The van der Waals surface area contributed by atoms with Crippen LogP contribution in [0, 0.1) is 20.8 Å². The fourth-order valence-electron chi connectivity index (χ4n) is 3.15. The molecule has 1 heterocycles. The molecule has 0 aliphatic carbocycles. The lowest BCUT2D eigenvalue weighted by Gasteiger charge is -2.32. The van der Waals surface area contributed by atoms with Crippen molar-refractivity contribution in [2.24, 2.45) is 0 Å². The first-order valence-electron chi connectivity index (χ1n) is 9.04. The second-order valence-electron chi connectivity index (χ2n) is 6.81. The van der Waals surface area contributed by atoms with Crippen LogP contribution in [0.2, 0.25) is 0 Å². The predicted molar refractivity (Wildman–Crippen MR) is 96.3 cm³/mol. The lowest BCUT2D eigenvalue weighted by molar-refractivity contribution is -0.907. The molecule has 0 radical (unpaired) electrons. The number of amides is 1. The zero-order chi connectivity index (χ0) is 18.4. The third-order valence-corrected chi connectivity index (χ3v) is 4.72. The number of aliphatic hydroxyl groups excluding tert-OH is 1. The first kappa shape index (κ1) is 19.5. The van der Waals surface area contributed by atoms with Gasteiger partial charge in [-0.25, -0.2) is 4.79 Å². The minimum Gasteiger partial charge on any atom is -0.490 e. The van der Waals surface area contributed by atoms with Crippen molar-refractivity contribution in [2.75, 3.05) is 45.9 Å². The minimum atomic E-state index is -0.524. The number of rotatable bonds is 6. The van der Waals surface area contributed by atoms with Crippen LogP contribution >= 0.6 is 0 Å². The Bertz CT molecular complexity index is 583. The maximum Gasteiger partial charge on any atom is 0.410 e. The van der Waals surface area contributed by atoms with E-state index in [2.05, 4.69) is 13.0 Å². The van der Waals surface area contributed by atoms with Crippen LogP contribution in [-0.2, 0) is 4.74 Å². The van der Waals surface area contributed by atoms with E-state index in [0.717, 1.165) is 30.0 Å². The van der Waals surface area contributed by atoms with E-state index < -0.39 is 6.10 Å². The summed E-state index contributed by atoms with van der Waals surface area (Å²) in [6.45, 7) is 12.2. The summed E-state index contributed by atoms with van der Waals surface area (Å²) in [4.78, 5) is 14.7. The molecule has 1 fully saturated rings. The Morgan fingerprint density at radius 2 is 1.96 bits per heavy atom. The maximum absolute atomic E-state index is 11.7. The topological polar surface area (TPSA) is 63.4 Å². The Labute approximate surface area is 150 Å². The average molecular weight is 351 g/mol. The van der Waals surface area contributed by atoms with Gasteiger partial charge in [-0.1, -0.05) is 6.07 Å². The highest BCUT2D eigenvalue weighted by Gasteiger charge is 2.26. The SMILES string of the molecule is CCOC(=O)N1CC[NH+](C[C@@H](O)COc2cc(C)cc(C)c2C)CC1. The van der Waals surface area contributed by atoms with E-state index in [1.54, 1.807) is 4.90 Å². The highest BCUT2D eigenvalue weighted by atomic mass is 16.6. The zero-order valence-electron chi connectivity index (χ0n) is 15.8. The number of nitrogens with one attached hydrogen (secondary N) is 1. The van der Waals surface area contributed by atoms with Gasteiger partial charge < -0.3 is 19.5 Å². The number of benzene rings is 1. The highest BCUT2D eigenvalue weighted by Crippen LogP contribution is 2.23. The smallest absolute Gasteiger partial charge is 0.410 e. The molecule has 0 spiro atoms. The average Bonchev–Trinajstić information content (AvgIpc) is 2.57. The zero-order valence-corrected chi connectivity index (χ0v) is 15.8. The number of piperazine rings is 1. The third kappa shape index (κ3) is 5.61. The summed E-state index contributed by atoms with van der Waals surface area (Å²) in [6.07, 6.45) is -0.764. The van der Waals surface area contributed by atoms with Crippen molar-refractivity contribution in [1.82, 2.24) is 4.90 Å². The molecule has 0 bridgehead atoms. The minimum absolute atomic E-state index is 0.240. The standard InChI is InChI=1S/C19H30N2O4/c1-5-24-19(23)21-8-6-20(7-9-21)12-17(22)13-25-18-11-14(2)10-15(3)16(18)4/h10-11,17,22H,5-9,12-13H2,1-4H3/p+1/t17-/m1/s1. The Hall–Kier alpha value is -1.79. The van der Waals surface area contributed by atoms with Gasteiger partial charge in [-0.2, -0.15) is 0 Å². The molecule has 0 unspecified atom stereocenters. The van der Waals surface area contributed by atoms with E-state index in [9.17, 15) is 9.90 Å². The van der Waals surface area contributed by atoms with E-state index in [1.165, 1.54) is 10.5 Å². The van der Waals surface area contributed by atoms with Gasteiger partial charge in [0.1, 0.15) is 25.0 Å². The molecule has 1 saturated heterocycles. The van der Waals surface area contributed by atoms with Gasteiger partial charge in [0.2, 0.25) is 0 Å². The predicted octanol–water partition coefficient (Wildman–Crippen LogP) is 0.709. The van der Waals surface area contributed by atoms with Crippen molar-refractivity contribution in [3.8, 4) is 5.75 Å². The Morgan fingerprint density at radius 1 is 1.28 bits per heavy atom. The number of ether oxygens (including phenoxy) is 2. The van der Waals surface area contributed by atoms with Gasteiger partial charge in [-0.3, -0.25) is 4.90 Å². The van der Waals surface area contributed by atoms with Gasteiger partial charge in [0.05, 0.1) is 32.8 Å². The summed E-state index contributed by atoms with van der Waals surface area (Å²) in [6, 6.07) is 4.14. The fourth-order valence-corrected chi connectivity index (χ4v) is 3.15. The van der Waals surface area contributed by atoms with Gasteiger partial charge in [-0.05, 0) is 50.5 Å². The van der Waals surface area contributed by atoms with Gasteiger partial charge in [0, 0.05) is 0 Å². The summed E-state index contributed by atoms with van der Waals surface area (Å²) >= 11 is 0. The van der Waals surface area contributed by atoms with Crippen LogP contribution < -0.4 is 9.64 Å². The van der Waals surface area contributed by atoms with Crippen LogP contribution in [0.3, 0.4) is 0 Å². The fraction of sp³-hybridized carbons (Fsp3) is 0.632. The van der Waals surface area contributed by atoms with Gasteiger partial charge in [-0.15, -0.1) is 0 Å². The van der Waals surface area contributed by atoms with Crippen LogP contribution in [-0.4, -0.2) is 68.1 Å². The second-order valence-corrected chi connectivity index (χ2v) is 6.81. The van der Waals surface area contributed by atoms with Gasteiger partial charge >= 0.3 is 6.09 Å². The molecule has 0 saturated carbocycles. The van der Waals surface area contributed by atoms with Crippen molar-refractivity contribution in [3.63, 3.8) is 0 Å². The molecule has 25 heavy (non-hydrogen) atoms. The van der Waals surface area contributed by atoms with Crippen LogP contribution in [0.25, 0.3) is 0 Å². The number of aryl methyl sites for hydroxylation is 2. The molecule has 1 aromatic carbocycles. The van der Waals surface area contributed by atoms with E-state index in [1.807, 2.05) is 26.8 Å². The summed E-state index contributed by atoms with van der Waals surface area (Å²) in [7, 11) is 0. The van der Waals surface area contributed by atoms with Crippen molar-refractivity contribution < 1.29 is 24.3 Å². The van der Waals surface area contributed by atoms with Crippen molar-refractivity contribution in [2.45, 2.75) is 33.8 Å². The quantitative estimate of drug-likeness (QED) is 0.792. The molecule has 2 rings (SSSR count). The molecule has 0 aromatic heterocycles. The molecular weight excluding hydrogens is 320 g/mol. The summed E-state index contributed by atoms with van der Waals surface area (Å²) in [5.41, 5.74) is 3.48. The first-order valence-corrected chi connectivity index (χ1v) is 9.04. The Balaban J connectivity index is 1.76.